The zero-order chi connectivity index (χ0) is 14.7. The van der Waals surface area contributed by atoms with Gasteiger partial charge in [-0.1, -0.05) is 6.07 Å². The Bertz CT molecular complexity index is 630. The molecular weight excluding hydrogens is 274 g/mol. The molecule has 2 N–H and O–H groups in total. The molecule has 1 aromatic carbocycles. The van der Waals surface area contributed by atoms with E-state index < -0.39 is 5.97 Å². The summed E-state index contributed by atoms with van der Waals surface area (Å²) >= 11 is 0. The lowest BCUT2D eigenvalue weighted by Gasteiger charge is -2.23. The predicted molar refractivity (Wildman–Crippen MR) is 75.4 cm³/mol. The minimum Gasteiger partial charge on any atom is -0.475 e. The second-order valence-electron chi connectivity index (χ2n) is 4.99. The second kappa shape index (κ2) is 6.26. The van der Waals surface area contributed by atoms with Crippen molar-refractivity contribution in [2.24, 2.45) is 0 Å². The van der Waals surface area contributed by atoms with E-state index in [2.05, 4.69) is 5.32 Å². The van der Waals surface area contributed by atoms with E-state index in [0.717, 1.165) is 17.5 Å². The SMILES string of the molecule is O=C(O)c1cc2cc(CNCC3COCCO3)ccc2o1. The van der Waals surface area contributed by atoms with E-state index >= 15 is 0 Å². The van der Waals surface area contributed by atoms with Gasteiger partial charge in [0.15, 0.2) is 0 Å². The monoisotopic (exact) mass is 291 g/mol. The Morgan fingerprint density at radius 1 is 1.33 bits per heavy atom. The molecule has 112 valence electrons. The van der Waals surface area contributed by atoms with Crippen LogP contribution < -0.4 is 5.32 Å². The molecule has 1 unspecified atom stereocenters. The molecule has 1 aromatic heterocycles. The number of carbonyl (C=O) groups is 1. The summed E-state index contributed by atoms with van der Waals surface area (Å²) in [5.74, 6) is -1.09. The fraction of sp³-hybridized carbons (Fsp3) is 0.400. The largest absolute Gasteiger partial charge is 0.475 e. The Kier molecular flexibility index (Phi) is 4.19. The van der Waals surface area contributed by atoms with E-state index in [1.807, 2.05) is 12.1 Å². The standard InChI is InChI=1S/C15H17NO5/c17-15(18)14-6-11-5-10(1-2-13(11)21-14)7-16-8-12-9-19-3-4-20-12/h1-2,5-6,12,16H,3-4,7-9H2,(H,17,18). The van der Waals surface area contributed by atoms with E-state index in [9.17, 15) is 4.79 Å². The molecule has 6 nitrogen and oxygen atoms in total. The van der Waals surface area contributed by atoms with Crippen LogP contribution in [0.1, 0.15) is 16.1 Å². The topological polar surface area (TPSA) is 80.9 Å². The van der Waals surface area contributed by atoms with Crippen LogP contribution in [0, 0.1) is 0 Å². The van der Waals surface area contributed by atoms with Gasteiger partial charge in [-0.05, 0) is 23.8 Å². The Morgan fingerprint density at radius 3 is 3.00 bits per heavy atom. The van der Waals surface area contributed by atoms with Crippen LogP contribution in [-0.4, -0.2) is 43.5 Å². The quantitative estimate of drug-likeness (QED) is 0.871. The molecule has 1 aliphatic heterocycles. The molecule has 0 saturated carbocycles. The highest BCUT2D eigenvalue weighted by Gasteiger charge is 2.14. The Labute approximate surface area is 121 Å². The molecule has 2 aromatic rings. The van der Waals surface area contributed by atoms with Gasteiger partial charge in [0.1, 0.15) is 5.58 Å². The lowest BCUT2D eigenvalue weighted by molar-refractivity contribution is -0.0864. The molecule has 21 heavy (non-hydrogen) atoms. The van der Waals surface area contributed by atoms with E-state index in [1.54, 1.807) is 12.1 Å². The number of nitrogens with one attached hydrogen (secondary N) is 1. The number of fused-ring (bicyclic) bond motifs is 1. The summed E-state index contributed by atoms with van der Waals surface area (Å²) < 4.78 is 16.1. The van der Waals surface area contributed by atoms with E-state index in [1.165, 1.54) is 0 Å². The summed E-state index contributed by atoms with van der Waals surface area (Å²) in [6.45, 7) is 3.34. The lowest BCUT2D eigenvalue weighted by Crippen LogP contribution is -2.37. The summed E-state index contributed by atoms with van der Waals surface area (Å²) in [5, 5.41) is 13.0. The van der Waals surface area contributed by atoms with Crippen molar-refractivity contribution in [1.29, 1.82) is 0 Å². The van der Waals surface area contributed by atoms with Crippen molar-refractivity contribution < 1.29 is 23.8 Å². The molecule has 6 heteroatoms. The lowest BCUT2D eigenvalue weighted by atomic mass is 10.1. The van der Waals surface area contributed by atoms with Crippen molar-refractivity contribution in [2.75, 3.05) is 26.4 Å². The van der Waals surface area contributed by atoms with E-state index in [-0.39, 0.29) is 11.9 Å². The van der Waals surface area contributed by atoms with Gasteiger partial charge in [-0.2, -0.15) is 0 Å². The van der Waals surface area contributed by atoms with Gasteiger partial charge in [0.25, 0.3) is 0 Å². The smallest absolute Gasteiger partial charge is 0.371 e. The maximum atomic E-state index is 10.9. The molecule has 1 fully saturated rings. The highest BCUT2D eigenvalue weighted by molar-refractivity contribution is 5.91. The highest BCUT2D eigenvalue weighted by atomic mass is 16.6. The second-order valence-corrected chi connectivity index (χ2v) is 4.99. The minimum absolute atomic E-state index is 0.0390. The number of ether oxygens (including phenoxy) is 2. The number of rotatable bonds is 5. The van der Waals surface area contributed by atoms with Gasteiger partial charge in [0, 0.05) is 18.5 Å². The number of benzene rings is 1. The zero-order valence-corrected chi connectivity index (χ0v) is 11.5. The van der Waals surface area contributed by atoms with Crippen molar-refractivity contribution in [2.45, 2.75) is 12.6 Å². The number of carboxylic acid groups (broad SMARTS) is 1. The fourth-order valence-electron chi connectivity index (χ4n) is 2.34. The van der Waals surface area contributed by atoms with E-state index in [4.69, 9.17) is 19.0 Å². The molecule has 0 amide bonds. The number of furan rings is 1. The normalized spacial score (nSPS) is 19.0. The number of carboxylic acids is 1. The van der Waals surface area contributed by atoms with Gasteiger partial charge in [0.05, 0.1) is 25.9 Å². The van der Waals surface area contributed by atoms with Gasteiger partial charge in [0.2, 0.25) is 5.76 Å². The van der Waals surface area contributed by atoms with Crippen LogP contribution in [0.2, 0.25) is 0 Å². The summed E-state index contributed by atoms with van der Waals surface area (Å²) in [6.07, 6.45) is 0.0926. The first-order chi connectivity index (χ1) is 10.2. The molecule has 1 atom stereocenters. The molecular formula is C15H17NO5. The number of aromatic carboxylic acids is 1. The average molecular weight is 291 g/mol. The molecule has 2 heterocycles. The molecule has 0 radical (unpaired) electrons. The van der Waals surface area contributed by atoms with Gasteiger partial charge < -0.3 is 24.3 Å². The van der Waals surface area contributed by atoms with Crippen molar-refractivity contribution in [1.82, 2.24) is 5.32 Å². The van der Waals surface area contributed by atoms with Gasteiger partial charge in [-0.15, -0.1) is 0 Å². The molecule has 0 aliphatic carbocycles. The Balaban J connectivity index is 1.60. The van der Waals surface area contributed by atoms with Crippen LogP contribution in [0.3, 0.4) is 0 Å². The summed E-state index contributed by atoms with van der Waals surface area (Å²) in [4.78, 5) is 10.9. The zero-order valence-electron chi connectivity index (χ0n) is 11.5. The first-order valence-corrected chi connectivity index (χ1v) is 6.88. The van der Waals surface area contributed by atoms with Crippen LogP contribution >= 0.6 is 0 Å². The first-order valence-electron chi connectivity index (χ1n) is 6.88. The van der Waals surface area contributed by atoms with Gasteiger partial charge in [-0.3, -0.25) is 0 Å². The van der Waals surface area contributed by atoms with Crippen LogP contribution in [0.25, 0.3) is 11.0 Å². The van der Waals surface area contributed by atoms with Crippen molar-refractivity contribution >= 4 is 16.9 Å². The van der Waals surface area contributed by atoms with Crippen molar-refractivity contribution in [3.05, 3.63) is 35.6 Å². The highest BCUT2D eigenvalue weighted by Crippen LogP contribution is 2.20. The third-order valence-corrected chi connectivity index (χ3v) is 3.38. The first kappa shape index (κ1) is 14.1. The fourth-order valence-corrected chi connectivity index (χ4v) is 2.34. The third-order valence-electron chi connectivity index (χ3n) is 3.38. The molecule has 0 bridgehead atoms. The summed E-state index contributed by atoms with van der Waals surface area (Å²) in [6, 6.07) is 7.18. The van der Waals surface area contributed by atoms with Gasteiger partial charge in [-0.25, -0.2) is 4.79 Å². The molecule has 1 aliphatic rings. The Morgan fingerprint density at radius 2 is 2.24 bits per heavy atom. The molecule has 0 spiro atoms. The number of hydrogen-bond acceptors (Lipinski definition) is 5. The third kappa shape index (κ3) is 3.41. The van der Waals surface area contributed by atoms with Crippen LogP contribution in [0.4, 0.5) is 0 Å². The molecule has 1 saturated heterocycles. The Hall–Kier alpha value is -1.89. The maximum absolute atomic E-state index is 10.9. The van der Waals surface area contributed by atoms with Crippen LogP contribution in [0.5, 0.6) is 0 Å². The van der Waals surface area contributed by atoms with Crippen LogP contribution in [0.15, 0.2) is 28.7 Å². The van der Waals surface area contributed by atoms with Crippen LogP contribution in [-0.2, 0) is 16.0 Å². The van der Waals surface area contributed by atoms with Crippen molar-refractivity contribution in [3.63, 3.8) is 0 Å². The summed E-state index contributed by atoms with van der Waals surface area (Å²) in [7, 11) is 0. The predicted octanol–water partition coefficient (Wildman–Crippen LogP) is 1.64. The van der Waals surface area contributed by atoms with E-state index in [0.29, 0.717) is 31.9 Å². The maximum Gasteiger partial charge on any atom is 0.371 e. The van der Waals surface area contributed by atoms with Crippen molar-refractivity contribution in [3.8, 4) is 0 Å². The van der Waals surface area contributed by atoms with Gasteiger partial charge >= 0.3 is 5.97 Å². The summed E-state index contributed by atoms with van der Waals surface area (Å²) in [5.41, 5.74) is 1.65. The molecule has 3 rings (SSSR count). The number of hydrogen-bond donors (Lipinski definition) is 2. The minimum atomic E-state index is -1.06. The average Bonchev–Trinajstić information content (AvgIpc) is 2.92.